The molecule has 1 N–H and O–H groups in total. The second kappa shape index (κ2) is 6.12. The van der Waals surface area contributed by atoms with Crippen LogP contribution in [0.1, 0.15) is 41.3 Å². The molecule has 0 spiro atoms. The quantitative estimate of drug-likeness (QED) is 0.847. The van der Waals surface area contributed by atoms with Crippen molar-refractivity contribution in [3.63, 3.8) is 0 Å². The van der Waals surface area contributed by atoms with E-state index < -0.39 is 5.97 Å². The van der Waals surface area contributed by atoms with Gasteiger partial charge in [-0.3, -0.25) is 4.79 Å². The molecule has 1 aromatic rings. The molecule has 0 bridgehead atoms. The van der Waals surface area contributed by atoms with Crippen molar-refractivity contribution in [2.24, 2.45) is 5.92 Å². The van der Waals surface area contributed by atoms with Crippen LogP contribution in [0, 0.1) is 12.8 Å². The second-order valence-corrected chi connectivity index (χ2v) is 5.74. The van der Waals surface area contributed by atoms with Gasteiger partial charge in [-0.15, -0.1) is 0 Å². The number of amides is 1. The summed E-state index contributed by atoms with van der Waals surface area (Å²) in [5.41, 5.74) is 2.30. The maximum absolute atomic E-state index is 12.5. The van der Waals surface area contributed by atoms with Crippen LogP contribution in [0.15, 0.2) is 24.3 Å². The molecule has 1 aliphatic carbocycles. The summed E-state index contributed by atoms with van der Waals surface area (Å²) >= 11 is 0. The Labute approximate surface area is 125 Å². The summed E-state index contributed by atoms with van der Waals surface area (Å²) in [5.74, 6) is -0.388. The van der Waals surface area contributed by atoms with Crippen molar-refractivity contribution in [2.45, 2.75) is 32.7 Å². The Bertz CT molecular complexity index is 588. The normalized spacial score (nSPS) is 16.0. The fourth-order valence-electron chi connectivity index (χ4n) is 2.40. The lowest BCUT2D eigenvalue weighted by Gasteiger charge is -2.25. The van der Waals surface area contributed by atoms with Crippen LogP contribution in [0.5, 0.6) is 0 Å². The summed E-state index contributed by atoms with van der Waals surface area (Å²) in [6.45, 7) is 3.97. The Morgan fingerprint density at radius 1 is 1.38 bits per heavy atom. The van der Waals surface area contributed by atoms with Crippen LogP contribution in [0.25, 0.3) is 6.08 Å². The molecule has 0 radical (unpaired) electrons. The molecule has 112 valence electrons. The van der Waals surface area contributed by atoms with Crippen LogP contribution in [0.3, 0.4) is 0 Å². The van der Waals surface area contributed by atoms with E-state index in [2.05, 4.69) is 6.92 Å². The van der Waals surface area contributed by atoms with Crippen molar-refractivity contribution < 1.29 is 14.7 Å². The molecule has 4 nitrogen and oxygen atoms in total. The highest BCUT2D eigenvalue weighted by Gasteiger charge is 2.32. The van der Waals surface area contributed by atoms with Gasteiger partial charge in [-0.25, -0.2) is 4.79 Å². The molecule has 1 atom stereocenters. The van der Waals surface area contributed by atoms with Crippen LogP contribution in [0.4, 0.5) is 0 Å². The lowest BCUT2D eigenvalue weighted by atomic mass is 10.0. The van der Waals surface area contributed by atoms with Crippen molar-refractivity contribution in [1.29, 1.82) is 0 Å². The molecule has 1 fully saturated rings. The maximum atomic E-state index is 12.5. The topological polar surface area (TPSA) is 57.6 Å². The third kappa shape index (κ3) is 3.72. The van der Waals surface area contributed by atoms with E-state index in [1.165, 1.54) is 18.9 Å². The van der Waals surface area contributed by atoms with E-state index in [4.69, 9.17) is 5.11 Å². The zero-order valence-electron chi connectivity index (χ0n) is 12.7. The van der Waals surface area contributed by atoms with E-state index in [0.717, 1.165) is 17.2 Å². The molecule has 0 aromatic heterocycles. The molecular weight excluding hydrogens is 266 g/mol. The van der Waals surface area contributed by atoms with Gasteiger partial charge in [0.05, 0.1) is 0 Å². The Hall–Kier alpha value is -2.10. The Balaban J connectivity index is 2.21. The first-order valence-corrected chi connectivity index (χ1v) is 7.19. The van der Waals surface area contributed by atoms with Gasteiger partial charge in [-0.05, 0) is 61.9 Å². The highest BCUT2D eigenvalue weighted by atomic mass is 16.4. The van der Waals surface area contributed by atoms with Gasteiger partial charge in [0, 0.05) is 24.7 Å². The molecule has 0 aliphatic heterocycles. The standard InChI is InChI=1S/C17H21NO3/c1-11-4-5-15(10-14(11)8-9-16(19)20)17(21)18(3)12(2)13-6-7-13/h4-5,8-10,12-13H,6-7H2,1-3H3,(H,19,20)/b9-8+. The first-order chi connectivity index (χ1) is 9.90. The van der Waals surface area contributed by atoms with Gasteiger partial charge in [0.15, 0.2) is 0 Å². The minimum atomic E-state index is -0.995. The number of carbonyl (C=O) groups excluding carboxylic acids is 1. The van der Waals surface area contributed by atoms with Crippen LogP contribution in [0.2, 0.25) is 0 Å². The number of carboxylic acids is 1. The molecule has 1 saturated carbocycles. The summed E-state index contributed by atoms with van der Waals surface area (Å²) in [5, 5.41) is 8.71. The van der Waals surface area contributed by atoms with Gasteiger partial charge >= 0.3 is 5.97 Å². The van der Waals surface area contributed by atoms with E-state index in [1.807, 2.05) is 20.0 Å². The average Bonchev–Trinajstić information content (AvgIpc) is 3.28. The van der Waals surface area contributed by atoms with E-state index in [0.29, 0.717) is 11.5 Å². The first kappa shape index (κ1) is 15.3. The Kier molecular flexibility index (Phi) is 4.46. The van der Waals surface area contributed by atoms with Crippen LogP contribution in [-0.2, 0) is 4.79 Å². The van der Waals surface area contributed by atoms with Gasteiger partial charge < -0.3 is 10.0 Å². The molecule has 4 heteroatoms. The molecule has 0 saturated heterocycles. The van der Waals surface area contributed by atoms with Gasteiger partial charge in [-0.2, -0.15) is 0 Å². The van der Waals surface area contributed by atoms with Crippen LogP contribution in [-0.4, -0.2) is 35.0 Å². The maximum Gasteiger partial charge on any atom is 0.328 e. The molecule has 2 rings (SSSR count). The molecular formula is C17H21NO3. The summed E-state index contributed by atoms with van der Waals surface area (Å²) in [6.07, 6.45) is 5.00. The number of hydrogen-bond donors (Lipinski definition) is 1. The molecule has 1 aliphatic rings. The highest BCUT2D eigenvalue weighted by Crippen LogP contribution is 2.35. The predicted molar refractivity (Wildman–Crippen MR) is 82.1 cm³/mol. The van der Waals surface area contributed by atoms with Crippen molar-refractivity contribution in [2.75, 3.05) is 7.05 Å². The minimum absolute atomic E-state index is 0.0145. The SMILES string of the molecule is Cc1ccc(C(=O)N(C)C(C)C2CC2)cc1/C=C/C(=O)O. The van der Waals surface area contributed by atoms with Crippen LogP contribution >= 0.6 is 0 Å². The summed E-state index contributed by atoms with van der Waals surface area (Å²) in [6, 6.07) is 5.65. The average molecular weight is 287 g/mol. The Morgan fingerprint density at radius 2 is 2.05 bits per heavy atom. The van der Waals surface area contributed by atoms with E-state index in [-0.39, 0.29) is 11.9 Å². The largest absolute Gasteiger partial charge is 0.478 e. The van der Waals surface area contributed by atoms with Crippen molar-refractivity contribution >= 4 is 18.0 Å². The summed E-state index contributed by atoms with van der Waals surface area (Å²) < 4.78 is 0. The highest BCUT2D eigenvalue weighted by molar-refractivity contribution is 5.95. The van der Waals surface area contributed by atoms with Crippen molar-refractivity contribution in [1.82, 2.24) is 4.90 Å². The number of benzene rings is 1. The third-order valence-electron chi connectivity index (χ3n) is 4.17. The molecule has 0 heterocycles. The zero-order valence-corrected chi connectivity index (χ0v) is 12.7. The molecule has 1 amide bonds. The number of nitrogens with zero attached hydrogens (tertiary/aromatic N) is 1. The fourth-order valence-corrected chi connectivity index (χ4v) is 2.40. The summed E-state index contributed by atoms with van der Waals surface area (Å²) in [7, 11) is 1.83. The van der Waals surface area contributed by atoms with Crippen molar-refractivity contribution in [3.05, 3.63) is 41.0 Å². The molecule has 1 unspecified atom stereocenters. The van der Waals surface area contributed by atoms with Crippen molar-refractivity contribution in [3.8, 4) is 0 Å². The van der Waals surface area contributed by atoms with E-state index in [1.54, 1.807) is 17.0 Å². The number of rotatable bonds is 5. The van der Waals surface area contributed by atoms with E-state index in [9.17, 15) is 9.59 Å². The first-order valence-electron chi connectivity index (χ1n) is 7.19. The monoisotopic (exact) mass is 287 g/mol. The lowest BCUT2D eigenvalue weighted by Crippen LogP contribution is -2.36. The third-order valence-corrected chi connectivity index (χ3v) is 4.17. The van der Waals surface area contributed by atoms with Gasteiger partial charge in [-0.1, -0.05) is 6.07 Å². The zero-order chi connectivity index (χ0) is 15.6. The van der Waals surface area contributed by atoms with Gasteiger partial charge in [0.1, 0.15) is 0 Å². The number of carboxylic acid groups (broad SMARTS) is 1. The second-order valence-electron chi connectivity index (χ2n) is 5.74. The predicted octanol–water partition coefficient (Wildman–Crippen LogP) is 2.96. The number of carbonyl (C=O) groups is 2. The summed E-state index contributed by atoms with van der Waals surface area (Å²) in [4.78, 5) is 24.9. The number of hydrogen-bond acceptors (Lipinski definition) is 2. The van der Waals surface area contributed by atoms with Gasteiger partial charge in [0.25, 0.3) is 5.91 Å². The van der Waals surface area contributed by atoms with Crippen LogP contribution < -0.4 is 0 Å². The van der Waals surface area contributed by atoms with E-state index >= 15 is 0 Å². The smallest absolute Gasteiger partial charge is 0.328 e. The Morgan fingerprint density at radius 3 is 2.62 bits per heavy atom. The lowest BCUT2D eigenvalue weighted by molar-refractivity contribution is -0.131. The number of aryl methyl sites for hydroxylation is 1. The van der Waals surface area contributed by atoms with Gasteiger partial charge in [0.2, 0.25) is 0 Å². The fraction of sp³-hybridized carbons (Fsp3) is 0.412. The minimum Gasteiger partial charge on any atom is -0.478 e. The number of aliphatic carboxylic acids is 1. The molecule has 21 heavy (non-hydrogen) atoms. The molecule has 1 aromatic carbocycles.